The highest BCUT2D eigenvalue weighted by atomic mass is 32.2. The SMILES string of the molecule is Cc1cccc(C(=N)N)c1.NCCC1CCN(C(=O)CNSc2cccc(NC(=O)C3CNC3)c2)CC1. The Morgan fingerprint density at radius 2 is 1.86 bits per heavy atom. The van der Waals surface area contributed by atoms with Crippen molar-refractivity contribution in [3.05, 3.63) is 59.7 Å². The number of aryl methyl sites for hydroxylation is 1. The van der Waals surface area contributed by atoms with Gasteiger partial charge in [0.05, 0.1) is 12.5 Å². The first-order valence-corrected chi connectivity index (χ1v) is 13.6. The Morgan fingerprint density at radius 1 is 1.14 bits per heavy atom. The van der Waals surface area contributed by atoms with Gasteiger partial charge in [-0.2, -0.15) is 0 Å². The van der Waals surface area contributed by atoms with E-state index in [4.69, 9.17) is 16.9 Å². The molecular formula is C27H39N7O2S. The van der Waals surface area contributed by atoms with Gasteiger partial charge >= 0.3 is 0 Å². The Bertz CT molecular complexity index is 1050. The lowest BCUT2D eigenvalue weighted by Crippen LogP contribution is -2.48. The third-order valence-corrected chi connectivity index (χ3v) is 7.32. The molecule has 0 bridgehead atoms. The van der Waals surface area contributed by atoms with Crippen LogP contribution in [-0.2, 0) is 9.59 Å². The van der Waals surface area contributed by atoms with E-state index in [1.54, 1.807) is 0 Å². The van der Waals surface area contributed by atoms with Crippen LogP contribution in [0.1, 0.15) is 30.4 Å². The molecule has 0 spiro atoms. The van der Waals surface area contributed by atoms with E-state index in [2.05, 4.69) is 15.4 Å². The monoisotopic (exact) mass is 525 g/mol. The van der Waals surface area contributed by atoms with E-state index >= 15 is 0 Å². The Hall–Kier alpha value is -2.92. The predicted molar refractivity (Wildman–Crippen MR) is 150 cm³/mol. The molecule has 2 aromatic rings. The van der Waals surface area contributed by atoms with Crippen LogP contribution in [0, 0.1) is 24.2 Å². The van der Waals surface area contributed by atoms with E-state index in [1.807, 2.05) is 60.4 Å². The van der Waals surface area contributed by atoms with Crippen molar-refractivity contribution in [1.82, 2.24) is 14.9 Å². The van der Waals surface area contributed by atoms with Gasteiger partial charge in [-0.1, -0.05) is 29.8 Å². The van der Waals surface area contributed by atoms with Crippen molar-refractivity contribution in [2.75, 3.05) is 44.6 Å². The Balaban J connectivity index is 0.000000319. The molecule has 0 saturated carbocycles. The van der Waals surface area contributed by atoms with Crippen LogP contribution in [0.4, 0.5) is 5.69 Å². The molecule has 2 fully saturated rings. The van der Waals surface area contributed by atoms with E-state index in [-0.39, 0.29) is 23.6 Å². The first-order chi connectivity index (χ1) is 17.9. The van der Waals surface area contributed by atoms with Gasteiger partial charge in [0.2, 0.25) is 11.8 Å². The van der Waals surface area contributed by atoms with Crippen LogP contribution in [0.15, 0.2) is 53.4 Å². The zero-order chi connectivity index (χ0) is 26.6. The molecule has 0 unspecified atom stereocenters. The minimum absolute atomic E-state index is 0.0528. The lowest BCUT2D eigenvalue weighted by molar-refractivity contribution is -0.131. The van der Waals surface area contributed by atoms with Crippen molar-refractivity contribution < 1.29 is 9.59 Å². The van der Waals surface area contributed by atoms with Crippen molar-refractivity contribution in [1.29, 1.82) is 5.41 Å². The van der Waals surface area contributed by atoms with Gasteiger partial charge in [0.25, 0.3) is 0 Å². The molecule has 2 aromatic carbocycles. The lowest BCUT2D eigenvalue weighted by Gasteiger charge is -2.32. The normalized spacial score (nSPS) is 15.8. The third-order valence-electron chi connectivity index (χ3n) is 6.54. The second kappa shape index (κ2) is 14.7. The molecule has 2 saturated heterocycles. The number of anilines is 1. The molecule has 10 heteroatoms. The van der Waals surface area contributed by atoms with Gasteiger partial charge in [-0.25, -0.2) is 0 Å². The average molecular weight is 526 g/mol. The van der Waals surface area contributed by atoms with Crippen LogP contribution in [-0.4, -0.2) is 61.8 Å². The Kier molecular flexibility index (Phi) is 11.4. The van der Waals surface area contributed by atoms with E-state index in [0.29, 0.717) is 12.5 Å². The molecule has 8 N–H and O–H groups in total. The summed E-state index contributed by atoms with van der Waals surface area (Å²) in [5.74, 6) is 1.04. The maximum atomic E-state index is 12.3. The summed E-state index contributed by atoms with van der Waals surface area (Å²) in [4.78, 5) is 27.3. The number of hydrogen-bond acceptors (Lipinski definition) is 7. The van der Waals surface area contributed by atoms with Gasteiger partial charge in [-0.05, 0) is 74.9 Å². The first kappa shape index (κ1) is 28.6. The number of carbonyl (C=O) groups excluding carboxylic acids is 2. The fraction of sp³-hybridized carbons (Fsp3) is 0.444. The molecule has 2 aliphatic rings. The first-order valence-electron chi connectivity index (χ1n) is 12.8. The topological polar surface area (TPSA) is 149 Å². The Labute approximate surface area is 223 Å². The number of carbonyl (C=O) groups is 2. The standard InChI is InChI=1S/C19H29N5O2S.C8H10N2/c20-7-4-14-5-8-24(9-6-14)18(25)13-22-27-17-3-1-2-16(10-17)23-19(26)15-11-21-12-15;1-6-3-2-4-7(5-6)8(9)10/h1-3,10,14-15,21-22H,4-9,11-13,20H2,(H,23,26);2-5H,1H3,(H3,9,10). The number of likely N-dealkylation sites (tertiary alicyclic amines) is 1. The fourth-order valence-corrected chi connectivity index (χ4v) is 4.86. The number of nitrogens with one attached hydrogen (secondary N) is 4. The minimum atomic E-state index is 0.0528. The summed E-state index contributed by atoms with van der Waals surface area (Å²) in [6, 6.07) is 15.3. The summed E-state index contributed by atoms with van der Waals surface area (Å²) in [6.07, 6.45) is 3.16. The van der Waals surface area contributed by atoms with Crippen molar-refractivity contribution in [3.8, 4) is 0 Å². The number of amidine groups is 1. The molecule has 2 amide bonds. The van der Waals surface area contributed by atoms with Crippen LogP contribution >= 0.6 is 11.9 Å². The molecule has 0 aliphatic carbocycles. The van der Waals surface area contributed by atoms with Crippen LogP contribution < -0.4 is 26.8 Å². The van der Waals surface area contributed by atoms with Gasteiger partial charge < -0.3 is 27.0 Å². The molecule has 2 heterocycles. The van der Waals surface area contributed by atoms with E-state index in [0.717, 1.165) is 73.7 Å². The molecule has 200 valence electrons. The van der Waals surface area contributed by atoms with Crippen molar-refractivity contribution in [2.45, 2.75) is 31.1 Å². The third kappa shape index (κ3) is 9.47. The number of nitrogen functional groups attached to an aromatic ring is 1. The molecule has 0 atom stereocenters. The van der Waals surface area contributed by atoms with Crippen LogP contribution in [0.25, 0.3) is 0 Å². The van der Waals surface area contributed by atoms with Gasteiger partial charge in [0.15, 0.2) is 0 Å². The molecule has 4 rings (SSSR count). The largest absolute Gasteiger partial charge is 0.384 e. The summed E-state index contributed by atoms with van der Waals surface area (Å²) >= 11 is 1.41. The number of benzene rings is 2. The van der Waals surface area contributed by atoms with E-state index in [1.165, 1.54) is 11.9 Å². The lowest BCUT2D eigenvalue weighted by atomic mass is 9.93. The Morgan fingerprint density at radius 3 is 2.46 bits per heavy atom. The van der Waals surface area contributed by atoms with Gasteiger partial charge in [-0.15, -0.1) is 0 Å². The molecule has 9 nitrogen and oxygen atoms in total. The summed E-state index contributed by atoms with van der Waals surface area (Å²) < 4.78 is 3.14. The second-order valence-corrected chi connectivity index (χ2v) is 10.4. The summed E-state index contributed by atoms with van der Waals surface area (Å²) in [5.41, 5.74) is 13.6. The smallest absolute Gasteiger partial charge is 0.237 e. The zero-order valence-electron chi connectivity index (χ0n) is 21.5. The molecule has 2 aliphatic heterocycles. The second-order valence-electron chi connectivity index (χ2n) is 9.48. The highest BCUT2D eigenvalue weighted by molar-refractivity contribution is 7.97. The minimum Gasteiger partial charge on any atom is -0.384 e. The molecule has 0 radical (unpaired) electrons. The van der Waals surface area contributed by atoms with Crippen molar-refractivity contribution in [2.24, 2.45) is 23.3 Å². The van der Waals surface area contributed by atoms with Crippen molar-refractivity contribution >= 4 is 35.3 Å². The maximum Gasteiger partial charge on any atom is 0.237 e. The number of rotatable bonds is 9. The predicted octanol–water partition coefficient (Wildman–Crippen LogP) is 2.31. The molecule has 37 heavy (non-hydrogen) atoms. The van der Waals surface area contributed by atoms with Crippen LogP contribution in [0.2, 0.25) is 0 Å². The number of hydrogen-bond donors (Lipinski definition) is 6. The quantitative estimate of drug-likeness (QED) is 0.167. The van der Waals surface area contributed by atoms with Gasteiger partial charge in [0.1, 0.15) is 5.84 Å². The van der Waals surface area contributed by atoms with Crippen molar-refractivity contribution in [3.63, 3.8) is 0 Å². The van der Waals surface area contributed by atoms with Crippen LogP contribution in [0.5, 0.6) is 0 Å². The summed E-state index contributed by atoms with van der Waals surface area (Å²) in [7, 11) is 0. The molecular weight excluding hydrogens is 486 g/mol. The van der Waals surface area contributed by atoms with Gasteiger partial charge in [0, 0.05) is 42.3 Å². The number of nitrogens with two attached hydrogens (primary N) is 2. The number of amides is 2. The van der Waals surface area contributed by atoms with E-state index < -0.39 is 0 Å². The number of piperidine rings is 1. The van der Waals surface area contributed by atoms with Gasteiger partial charge in [-0.3, -0.25) is 19.7 Å². The van der Waals surface area contributed by atoms with Crippen LogP contribution in [0.3, 0.4) is 0 Å². The summed E-state index contributed by atoms with van der Waals surface area (Å²) in [5, 5.41) is 13.2. The molecule has 0 aromatic heterocycles. The number of nitrogens with zero attached hydrogens (tertiary/aromatic N) is 1. The maximum absolute atomic E-state index is 12.3. The fourth-order valence-electron chi connectivity index (χ4n) is 4.17. The summed E-state index contributed by atoms with van der Waals surface area (Å²) in [6.45, 7) is 6.15. The average Bonchev–Trinajstić information content (AvgIpc) is 2.84. The van der Waals surface area contributed by atoms with E-state index in [9.17, 15) is 9.59 Å². The highest BCUT2D eigenvalue weighted by Gasteiger charge is 2.25. The highest BCUT2D eigenvalue weighted by Crippen LogP contribution is 2.22. The zero-order valence-corrected chi connectivity index (χ0v) is 22.3.